The van der Waals surface area contributed by atoms with Crippen LogP contribution in [-0.4, -0.2) is 6.61 Å². The Morgan fingerprint density at radius 1 is 1.39 bits per heavy atom. The maximum absolute atomic E-state index is 8.92. The van der Waals surface area contributed by atoms with Crippen LogP contribution in [0.5, 0.6) is 5.75 Å². The molecule has 18 heavy (non-hydrogen) atoms. The van der Waals surface area contributed by atoms with Gasteiger partial charge in [-0.05, 0) is 39.7 Å². The Bertz CT molecular complexity index is 419. The van der Waals surface area contributed by atoms with Crippen LogP contribution in [0.3, 0.4) is 0 Å². The molecule has 0 bridgehead atoms. The highest BCUT2D eigenvalue weighted by Crippen LogP contribution is 2.24. The van der Waals surface area contributed by atoms with E-state index in [4.69, 9.17) is 15.7 Å². The minimum absolute atomic E-state index is 0.0308. The standard InChI is InChI=1S/C15H22N2O/c1-12(17)13-7-4-5-8-14(13)18-10-6-9-15(2,3)11-16/h4-5,7-8,12H,6,9-10,17H2,1-3H3/t12-/m1/s1. The van der Waals surface area contributed by atoms with Crippen LogP contribution in [0.2, 0.25) is 0 Å². The number of rotatable bonds is 6. The Labute approximate surface area is 110 Å². The van der Waals surface area contributed by atoms with Crippen LogP contribution in [0.1, 0.15) is 45.2 Å². The maximum atomic E-state index is 8.92. The second-order valence-electron chi connectivity index (χ2n) is 5.27. The van der Waals surface area contributed by atoms with Crippen molar-refractivity contribution in [2.24, 2.45) is 11.1 Å². The zero-order valence-electron chi connectivity index (χ0n) is 11.4. The number of para-hydroxylation sites is 1. The second kappa shape index (κ2) is 6.42. The fraction of sp³-hybridized carbons (Fsp3) is 0.533. The number of hydrogen-bond donors (Lipinski definition) is 1. The van der Waals surface area contributed by atoms with Crippen molar-refractivity contribution < 1.29 is 4.74 Å². The highest BCUT2D eigenvalue weighted by molar-refractivity contribution is 5.35. The van der Waals surface area contributed by atoms with E-state index in [0.29, 0.717) is 6.61 Å². The van der Waals surface area contributed by atoms with Crippen LogP contribution < -0.4 is 10.5 Å². The SMILES string of the molecule is C[C@@H](N)c1ccccc1OCCCC(C)(C)C#N. The third-order valence-electron chi connectivity index (χ3n) is 2.92. The first-order valence-electron chi connectivity index (χ1n) is 6.35. The summed E-state index contributed by atoms with van der Waals surface area (Å²) in [6.45, 7) is 6.46. The molecule has 0 heterocycles. The predicted molar refractivity (Wildman–Crippen MR) is 73.2 cm³/mol. The topological polar surface area (TPSA) is 59.0 Å². The summed E-state index contributed by atoms with van der Waals surface area (Å²) in [6.07, 6.45) is 1.71. The van der Waals surface area contributed by atoms with E-state index in [1.54, 1.807) is 0 Å². The monoisotopic (exact) mass is 246 g/mol. The molecule has 0 aliphatic carbocycles. The summed E-state index contributed by atoms with van der Waals surface area (Å²) < 4.78 is 5.75. The molecule has 2 N–H and O–H groups in total. The Kier molecular flexibility index (Phi) is 5.18. The van der Waals surface area contributed by atoms with Crippen LogP contribution in [0.25, 0.3) is 0 Å². The summed E-state index contributed by atoms with van der Waals surface area (Å²) in [4.78, 5) is 0. The minimum Gasteiger partial charge on any atom is -0.493 e. The molecule has 0 aromatic heterocycles. The van der Waals surface area contributed by atoms with E-state index in [-0.39, 0.29) is 11.5 Å². The molecule has 0 aliphatic rings. The summed E-state index contributed by atoms with van der Waals surface area (Å²) in [5, 5.41) is 8.92. The highest BCUT2D eigenvalue weighted by Gasteiger charge is 2.16. The molecule has 0 aliphatic heterocycles. The molecule has 98 valence electrons. The van der Waals surface area contributed by atoms with E-state index >= 15 is 0 Å². The summed E-state index contributed by atoms with van der Waals surface area (Å²) >= 11 is 0. The third-order valence-corrected chi connectivity index (χ3v) is 2.92. The number of nitrogens with two attached hydrogens (primary N) is 1. The Hall–Kier alpha value is -1.53. The van der Waals surface area contributed by atoms with Crippen molar-refractivity contribution in [3.05, 3.63) is 29.8 Å². The van der Waals surface area contributed by atoms with E-state index in [1.165, 1.54) is 0 Å². The molecule has 0 saturated heterocycles. The fourth-order valence-corrected chi connectivity index (χ4v) is 1.74. The first-order valence-corrected chi connectivity index (χ1v) is 6.35. The molecule has 1 atom stereocenters. The van der Waals surface area contributed by atoms with Gasteiger partial charge in [-0.3, -0.25) is 0 Å². The zero-order valence-corrected chi connectivity index (χ0v) is 11.4. The summed E-state index contributed by atoms with van der Waals surface area (Å²) in [5.41, 5.74) is 6.64. The van der Waals surface area contributed by atoms with Gasteiger partial charge >= 0.3 is 0 Å². The number of nitriles is 1. The van der Waals surface area contributed by atoms with Gasteiger partial charge in [-0.1, -0.05) is 18.2 Å². The number of benzene rings is 1. The fourth-order valence-electron chi connectivity index (χ4n) is 1.74. The Balaban J connectivity index is 2.48. The third kappa shape index (κ3) is 4.38. The van der Waals surface area contributed by atoms with Crippen LogP contribution in [-0.2, 0) is 0 Å². The molecule has 0 radical (unpaired) electrons. The molecule has 3 heteroatoms. The van der Waals surface area contributed by atoms with Gasteiger partial charge in [0, 0.05) is 11.6 Å². The van der Waals surface area contributed by atoms with Crippen molar-refractivity contribution in [3.8, 4) is 11.8 Å². The van der Waals surface area contributed by atoms with E-state index < -0.39 is 0 Å². The molecule has 1 aromatic rings. The lowest BCUT2D eigenvalue weighted by Gasteiger charge is -2.16. The largest absolute Gasteiger partial charge is 0.493 e. The van der Waals surface area contributed by atoms with Gasteiger partial charge in [-0.25, -0.2) is 0 Å². The number of hydrogen-bond acceptors (Lipinski definition) is 3. The lowest BCUT2D eigenvalue weighted by atomic mass is 9.90. The van der Waals surface area contributed by atoms with E-state index in [1.807, 2.05) is 45.0 Å². The summed E-state index contributed by atoms with van der Waals surface area (Å²) in [5.74, 6) is 0.849. The van der Waals surface area contributed by atoms with Gasteiger partial charge in [0.15, 0.2) is 0 Å². The van der Waals surface area contributed by atoms with Gasteiger partial charge in [0.2, 0.25) is 0 Å². The average Bonchev–Trinajstić information content (AvgIpc) is 2.35. The Morgan fingerprint density at radius 3 is 2.67 bits per heavy atom. The molecule has 0 amide bonds. The van der Waals surface area contributed by atoms with Gasteiger partial charge in [0.25, 0.3) is 0 Å². The zero-order chi connectivity index (χ0) is 13.6. The van der Waals surface area contributed by atoms with Crippen LogP contribution in [0.15, 0.2) is 24.3 Å². The molecule has 0 fully saturated rings. The first kappa shape index (κ1) is 14.5. The normalized spacial score (nSPS) is 12.8. The number of nitrogens with zero attached hydrogens (tertiary/aromatic N) is 1. The van der Waals surface area contributed by atoms with Crippen molar-refractivity contribution in [3.63, 3.8) is 0 Å². The van der Waals surface area contributed by atoms with Crippen molar-refractivity contribution in [2.45, 2.75) is 39.7 Å². The van der Waals surface area contributed by atoms with Crippen molar-refractivity contribution in [1.82, 2.24) is 0 Å². The molecule has 1 rings (SSSR count). The molecule has 0 saturated carbocycles. The molecule has 0 spiro atoms. The quantitative estimate of drug-likeness (QED) is 0.782. The van der Waals surface area contributed by atoms with Crippen molar-refractivity contribution >= 4 is 0 Å². The summed E-state index contributed by atoms with van der Waals surface area (Å²) in [6, 6.07) is 10.1. The number of ether oxygens (including phenoxy) is 1. The lowest BCUT2D eigenvalue weighted by Crippen LogP contribution is -2.11. The van der Waals surface area contributed by atoms with E-state index in [2.05, 4.69) is 6.07 Å². The first-order chi connectivity index (χ1) is 8.46. The summed E-state index contributed by atoms with van der Waals surface area (Å²) in [7, 11) is 0. The Morgan fingerprint density at radius 2 is 2.06 bits per heavy atom. The van der Waals surface area contributed by atoms with Gasteiger partial charge in [-0.2, -0.15) is 5.26 Å². The maximum Gasteiger partial charge on any atom is 0.124 e. The minimum atomic E-state index is -0.274. The van der Waals surface area contributed by atoms with Gasteiger partial charge in [0.05, 0.1) is 18.1 Å². The van der Waals surface area contributed by atoms with Crippen LogP contribution in [0.4, 0.5) is 0 Å². The van der Waals surface area contributed by atoms with Crippen molar-refractivity contribution in [2.75, 3.05) is 6.61 Å². The second-order valence-corrected chi connectivity index (χ2v) is 5.27. The van der Waals surface area contributed by atoms with E-state index in [0.717, 1.165) is 24.2 Å². The molecule has 1 aromatic carbocycles. The molecular formula is C15H22N2O. The molecular weight excluding hydrogens is 224 g/mol. The predicted octanol–water partition coefficient (Wildman–Crippen LogP) is 3.42. The van der Waals surface area contributed by atoms with E-state index in [9.17, 15) is 0 Å². The van der Waals surface area contributed by atoms with Crippen molar-refractivity contribution in [1.29, 1.82) is 5.26 Å². The smallest absolute Gasteiger partial charge is 0.124 e. The van der Waals surface area contributed by atoms with Gasteiger partial charge < -0.3 is 10.5 Å². The van der Waals surface area contributed by atoms with Crippen LogP contribution >= 0.6 is 0 Å². The lowest BCUT2D eigenvalue weighted by molar-refractivity contribution is 0.281. The van der Waals surface area contributed by atoms with Gasteiger partial charge in [-0.15, -0.1) is 0 Å². The highest BCUT2D eigenvalue weighted by atomic mass is 16.5. The average molecular weight is 246 g/mol. The molecule has 0 unspecified atom stereocenters. The molecule has 3 nitrogen and oxygen atoms in total. The van der Waals surface area contributed by atoms with Crippen LogP contribution in [0, 0.1) is 16.7 Å². The van der Waals surface area contributed by atoms with Gasteiger partial charge in [0.1, 0.15) is 5.75 Å².